The number of carboxylic acids is 1. The molecule has 1 fully saturated rings. The number of rotatable bonds is 3. The number of carboxylic acid groups (broad SMARTS) is 1. The fourth-order valence-corrected chi connectivity index (χ4v) is 2.08. The van der Waals surface area contributed by atoms with Crippen molar-refractivity contribution in [1.29, 1.82) is 0 Å². The summed E-state index contributed by atoms with van der Waals surface area (Å²) in [5.41, 5.74) is 0. The first kappa shape index (κ1) is 13.8. The molecule has 1 unspecified atom stereocenters. The number of carbonyl (C=O) groups is 2. The molecule has 17 heavy (non-hydrogen) atoms. The normalized spacial score (nSPS) is 21.7. The molecule has 0 aliphatic carbocycles. The van der Waals surface area contributed by atoms with Gasteiger partial charge in [-0.15, -0.1) is 0 Å². The molecule has 2 amide bonds. The Morgan fingerprint density at radius 2 is 1.94 bits per heavy atom. The van der Waals surface area contributed by atoms with Crippen LogP contribution in [0.4, 0.5) is 4.79 Å². The van der Waals surface area contributed by atoms with E-state index < -0.39 is 12.0 Å². The van der Waals surface area contributed by atoms with Gasteiger partial charge in [0.2, 0.25) is 0 Å². The summed E-state index contributed by atoms with van der Waals surface area (Å²) in [6.45, 7) is 6.62. The third kappa shape index (κ3) is 2.90. The second-order valence-corrected chi connectivity index (χ2v) is 5.07. The number of hydrogen-bond donors (Lipinski definition) is 1. The highest BCUT2D eigenvalue weighted by atomic mass is 16.4. The molecule has 98 valence electrons. The number of nitrogens with zero attached hydrogens (tertiary/aromatic N) is 2. The van der Waals surface area contributed by atoms with E-state index in [0.29, 0.717) is 18.9 Å². The van der Waals surface area contributed by atoms with E-state index in [-0.39, 0.29) is 12.1 Å². The second kappa shape index (κ2) is 5.38. The number of aliphatic carboxylic acids is 1. The smallest absolute Gasteiger partial charge is 0.326 e. The molecule has 0 bridgehead atoms. The van der Waals surface area contributed by atoms with Crippen LogP contribution in [-0.4, -0.2) is 52.6 Å². The molecule has 2 atom stereocenters. The lowest BCUT2D eigenvalue weighted by Gasteiger charge is -2.33. The highest BCUT2D eigenvalue weighted by Gasteiger charge is 2.36. The average molecular weight is 242 g/mol. The summed E-state index contributed by atoms with van der Waals surface area (Å²) in [5.74, 6) is -0.545. The Morgan fingerprint density at radius 3 is 2.41 bits per heavy atom. The van der Waals surface area contributed by atoms with Gasteiger partial charge in [-0.25, -0.2) is 9.59 Å². The van der Waals surface area contributed by atoms with Crippen LogP contribution >= 0.6 is 0 Å². The lowest BCUT2D eigenvalue weighted by atomic mass is 10.1. The molecular weight excluding hydrogens is 220 g/mol. The predicted octanol–water partition coefficient (Wildman–Crippen LogP) is 1.63. The number of hydrogen-bond acceptors (Lipinski definition) is 2. The number of amides is 2. The maximum absolute atomic E-state index is 12.2. The lowest BCUT2D eigenvalue weighted by Crippen LogP contribution is -2.50. The maximum atomic E-state index is 12.2. The van der Waals surface area contributed by atoms with Crippen molar-refractivity contribution in [3.63, 3.8) is 0 Å². The first-order valence-electron chi connectivity index (χ1n) is 6.12. The summed E-state index contributed by atoms with van der Waals surface area (Å²) in [6.07, 6.45) is 1.33. The standard InChI is InChI=1S/C12H22N2O3/c1-8(2)9(3)13(4)12(17)14-7-5-6-10(14)11(15)16/h8-10H,5-7H2,1-4H3,(H,15,16)/t9?,10-/m0/s1. The van der Waals surface area contributed by atoms with Crippen molar-refractivity contribution in [2.45, 2.75) is 45.7 Å². The van der Waals surface area contributed by atoms with Crippen molar-refractivity contribution >= 4 is 12.0 Å². The van der Waals surface area contributed by atoms with Crippen LogP contribution in [0.3, 0.4) is 0 Å². The zero-order valence-electron chi connectivity index (χ0n) is 11.0. The topological polar surface area (TPSA) is 60.9 Å². The van der Waals surface area contributed by atoms with E-state index in [1.54, 1.807) is 11.9 Å². The largest absolute Gasteiger partial charge is 0.480 e. The Labute approximate surface area is 102 Å². The highest BCUT2D eigenvalue weighted by Crippen LogP contribution is 2.20. The van der Waals surface area contributed by atoms with Gasteiger partial charge < -0.3 is 14.9 Å². The van der Waals surface area contributed by atoms with Crippen molar-refractivity contribution < 1.29 is 14.7 Å². The van der Waals surface area contributed by atoms with Gasteiger partial charge in [0, 0.05) is 19.6 Å². The van der Waals surface area contributed by atoms with Gasteiger partial charge in [0.25, 0.3) is 0 Å². The van der Waals surface area contributed by atoms with Gasteiger partial charge in [-0.05, 0) is 25.7 Å². The van der Waals surface area contributed by atoms with Crippen molar-refractivity contribution in [3.8, 4) is 0 Å². The van der Waals surface area contributed by atoms with Crippen LogP contribution in [0.1, 0.15) is 33.6 Å². The van der Waals surface area contributed by atoms with Gasteiger partial charge in [-0.2, -0.15) is 0 Å². The van der Waals surface area contributed by atoms with E-state index in [1.807, 2.05) is 20.8 Å². The molecule has 0 saturated carbocycles. The molecule has 0 aromatic rings. The van der Waals surface area contributed by atoms with Crippen LogP contribution in [0.25, 0.3) is 0 Å². The van der Waals surface area contributed by atoms with E-state index in [1.165, 1.54) is 4.90 Å². The molecule has 1 heterocycles. The van der Waals surface area contributed by atoms with Gasteiger partial charge in [-0.3, -0.25) is 0 Å². The molecule has 0 aromatic heterocycles. The second-order valence-electron chi connectivity index (χ2n) is 5.07. The van der Waals surface area contributed by atoms with Crippen molar-refractivity contribution in [3.05, 3.63) is 0 Å². The first-order chi connectivity index (χ1) is 7.86. The maximum Gasteiger partial charge on any atom is 0.326 e. The number of urea groups is 1. The van der Waals surface area contributed by atoms with E-state index in [9.17, 15) is 9.59 Å². The fraction of sp³-hybridized carbons (Fsp3) is 0.833. The third-order valence-electron chi connectivity index (χ3n) is 3.66. The predicted molar refractivity (Wildman–Crippen MR) is 64.8 cm³/mol. The zero-order valence-corrected chi connectivity index (χ0v) is 11.0. The monoisotopic (exact) mass is 242 g/mol. The van der Waals surface area contributed by atoms with Crippen molar-refractivity contribution in [2.75, 3.05) is 13.6 Å². The van der Waals surface area contributed by atoms with Crippen LogP contribution < -0.4 is 0 Å². The quantitative estimate of drug-likeness (QED) is 0.818. The molecule has 1 rings (SSSR count). The molecule has 1 aliphatic heterocycles. The van der Waals surface area contributed by atoms with E-state index >= 15 is 0 Å². The van der Waals surface area contributed by atoms with E-state index in [2.05, 4.69) is 0 Å². The zero-order chi connectivity index (χ0) is 13.2. The van der Waals surface area contributed by atoms with Crippen LogP contribution in [0.5, 0.6) is 0 Å². The van der Waals surface area contributed by atoms with Crippen LogP contribution in [0, 0.1) is 5.92 Å². The van der Waals surface area contributed by atoms with E-state index in [0.717, 1.165) is 6.42 Å². The van der Waals surface area contributed by atoms with Crippen LogP contribution in [0.2, 0.25) is 0 Å². The Kier molecular flexibility index (Phi) is 4.37. The van der Waals surface area contributed by atoms with Gasteiger partial charge in [0.1, 0.15) is 6.04 Å². The lowest BCUT2D eigenvalue weighted by molar-refractivity contribution is -0.141. The molecule has 1 aliphatic rings. The highest BCUT2D eigenvalue weighted by molar-refractivity contribution is 5.83. The molecule has 5 heteroatoms. The third-order valence-corrected chi connectivity index (χ3v) is 3.66. The SMILES string of the molecule is CC(C)C(C)N(C)C(=O)N1CCC[C@H]1C(=O)O. The molecule has 5 nitrogen and oxygen atoms in total. The first-order valence-corrected chi connectivity index (χ1v) is 6.12. The number of likely N-dealkylation sites (tertiary alicyclic amines) is 1. The van der Waals surface area contributed by atoms with Crippen molar-refractivity contribution in [2.24, 2.45) is 5.92 Å². The Hall–Kier alpha value is -1.26. The summed E-state index contributed by atoms with van der Waals surface area (Å²) in [4.78, 5) is 26.3. The molecule has 0 aromatic carbocycles. The fourth-order valence-electron chi connectivity index (χ4n) is 2.08. The minimum Gasteiger partial charge on any atom is -0.480 e. The Morgan fingerprint density at radius 1 is 1.35 bits per heavy atom. The molecule has 1 saturated heterocycles. The van der Waals surface area contributed by atoms with Crippen molar-refractivity contribution in [1.82, 2.24) is 9.80 Å². The van der Waals surface area contributed by atoms with E-state index in [4.69, 9.17) is 5.11 Å². The van der Waals surface area contributed by atoms with Gasteiger partial charge in [0.05, 0.1) is 0 Å². The van der Waals surface area contributed by atoms with Gasteiger partial charge >= 0.3 is 12.0 Å². The minimum absolute atomic E-state index is 0.109. The molecule has 0 spiro atoms. The van der Waals surface area contributed by atoms with Gasteiger partial charge in [-0.1, -0.05) is 13.8 Å². The van der Waals surface area contributed by atoms with Gasteiger partial charge in [0.15, 0.2) is 0 Å². The minimum atomic E-state index is -0.901. The summed E-state index contributed by atoms with van der Waals surface area (Å²) in [6, 6.07) is -0.710. The molecule has 1 N–H and O–H groups in total. The summed E-state index contributed by atoms with van der Waals surface area (Å²) >= 11 is 0. The Bertz CT molecular complexity index is 304. The average Bonchev–Trinajstić information content (AvgIpc) is 2.74. The molecular formula is C12H22N2O3. The summed E-state index contributed by atoms with van der Waals surface area (Å²) in [5, 5.41) is 9.05. The summed E-state index contributed by atoms with van der Waals surface area (Å²) < 4.78 is 0. The summed E-state index contributed by atoms with van der Waals surface area (Å²) in [7, 11) is 1.74. The Balaban J connectivity index is 2.72. The van der Waals surface area contributed by atoms with Crippen LogP contribution in [-0.2, 0) is 4.79 Å². The van der Waals surface area contributed by atoms with Crippen LogP contribution in [0.15, 0.2) is 0 Å². The molecule has 0 radical (unpaired) electrons. The number of carbonyl (C=O) groups excluding carboxylic acids is 1.